The zero-order chi connectivity index (χ0) is 21.6. The molecule has 1 saturated carbocycles. The summed E-state index contributed by atoms with van der Waals surface area (Å²) in [6.07, 6.45) is 6.81. The lowest BCUT2D eigenvalue weighted by molar-refractivity contribution is 0.334. The van der Waals surface area contributed by atoms with E-state index < -0.39 is 10.0 Å². The second kappa shape index (κ2) is 8.34. The van der Waals surface area contributed by atoms with Gasteiger partial charge >= 0.3 is 0 Å². The number of nitrogens with one attached hydrogen (secondary N) is 2. The van der Waals surface area contributed by atoms with E-state index in [1.165, 1.54) is 24.2 Å². The van der Waals surface area contributed by atoms with Crippen LogP contribution in [0.4, 0.5) is 4.39 Å². The molecular weight excluding hydrogens is 455 g/mol. The third-order valence-corrected chi connectivity index (χ3v) is 9.99. The van der Waals surface area contributed by atoms with Crippen molar-refractivity contribution >= 4 is 33.4 Å². The van der Waals surface area contributed by atoms with Gasteiger partial charge in [-0.2, -0.15) is 0 Å². The summed E-state index contributed by atoms with van der Waals surface area (Å²) < 4.78 is 43.3. The fourth-order valence-electron chi connectivity index (χ4n) is 5.36. The maximum Gasteiger partial charge on any atom is 0.242 e. The zero-order valence-electron chi connectivity index (χ0n) is 17.2. The monoisotopic (exact) mass is 480 g/mol. The van der Waals surface area contributed by atoms with Gasteiger partial charge in [0.2, 0.25) is 10.0 Å². The Kier molecular flexibility index (Phi) is 5.84. The highest BCUT2D eigenvalue weighted by Crippen LogP contribution is 2.56. The highest BCUT2D eigenvalue weighted by molar-refractivity contribution is 7.99. The molecule has 2 aromatic rings. The summed E-state index contributed by atoms with van der Waals surface area (Å²) in [5.74, 6) is -0.268. The predicted molar refractivity (Wildman–Crippen MR) is 122 cm³/mol. The van der Waals surface area contributed by atoms with Gasteiger partial charge in [0, 0.05) is 21.2 Å². The molecule has 0 bridgehead atoms. The topological polar surface area (TPSA) is 58.2 Å². The van der Waals surface area contributed by atoms with Crippen molar-refractivity contribution in [2.45, 2.75) is 71.1 Å². The molecule has 0 unspecified atom stereocenters. The van der Waals surface area contributed by atoms with Crippen molar-refractivity contribution in [2.75, 3.05) is 13.1 Å². The van der Waals surface area contributed by atoms with Crippen LogP contribution in [0.5, 0.6) is 0 Å². The minimum Gasteiger partial charge on any atom is -0.317 e. The average molecular weight is 481 g/mol. The van der Waals surface area contributed by atoms with E-state index in [1.54, 1.807) is 12.1 Å². The van der Waals surface area contributed by atoms with Crippen molar-refractivity contribution in [1.29, 1.82) is 0 Å². The summed E-state index contributed by atoms with van der Waals surface area (Å²) in [6, 6.07) is 8.49. The second-order valence-electron chi connectivity index (χ2n) is 8.81. The third kappa shape index (κ3) is 3.93. The summed E-state index contributed by atoms with van der Waals surface area (Å²) in [5.41, 5.74) is 2.00. The fraction of sp³-hybridized carbons (Fsp3) is 0.478. The van der Waals surface area contributed by atoms with Gasteiger partial charge < -0.3 is 5.32 Å². The van der Waals surface area contributed by atoms with Crippen LogP contribution >= 0.6 is 23.4 Å². The summed E-state index contributed by atoms with van der Waals surface area (Å²) >= 11 is 8.07. The standard InChI is InChI=1S/C23H26ClFN2O2S2/c24-19-13-18-21(14-22(19)31(28,29)27-16-6-10-26-11-7-16)30-20-12-15(25)4-5-17(20)23(18)8-2-1-3-9-23/h4-5,12-14,16,26-27H,1-3,6-11H2. The molecule has 3 aliphatic rings. The molecule has 1 saturated heterocycles. The van der Waals surface area contributed by atoms with Crippen molar-refractivity contribution < 1.29 is 12.8 Å². The number of fused-ring (bicyclic) bond motifs is 4. The molecule has 4 nitrogen and oxygen atoms in total. The molecule has 8 heteroatoms. The molecule has 2 heterocycles. The maximum atomic E-state index is 14.1. The molecule has 0 amide bonds. The number of rotatable bonds is 3. The smallest absolute Gasteiger partial charge is 0.242 e. The van der Waals surface area contributed by atoms with Crippen LogP contribution in [0, 0.1) is 5.82 Å². The Bertz CT molecular complexity index is 1110. The molecule has 0 aromatic heterocycles. The van der Waals surface area contributed by atoms with Crippen molar-refractivity contribution in [3.8, 4) is 0 Å². The molecule has 31 heavy (non-hydrogen) atoms. The van der Waals surface area contributed by atoms with Crippen LogP contribution in [0.15, 0.2) is 45.0 Å². The minimum absolute atomic E-state index is 0.0921. The average Bonchev–Trinajstić information content (AvgIpc) is 2.75. The summed E-state index contributed by atoms with van der Waals surface area (Å²) in [6.45, 7) is 1.59. The van der Waals surface area contributed by atoms with E-state index in [2.05, 4.69) is 10.0 Å². The molecule has 0 radical (unpaired) electrons. The van der Waals surface area contributed by atoms with Gasteiger partial charge in [-0.1, -0.05) is 48.7 Å². The Balaban J connectivity index is 1.59. The zero-order valence-corrected chi connectivity index (χ0v) is 19.6. The fourth-order valence-corrected chi connectivity index (χ4v) is 8.61. The maximum absolute atomic E-state index is 14.1. The second-order valence-corrected chi connectivity index (χ2v) is 12.0. The Morgan fingerprint density at radius 2 is 1.74 bits per heavy atom. The van der Waals surface area contributed by atoms with Crippen molar-refractivity contribution in [3.63, 3.8) is 0 Å². The Hall–Kier alpha value is -1.12. The van der Waals surface area contributed by atoms with Crippen molar-refractivity contribution in [3.05, 3.63) is 52.3 Å². The van der Waals surface area contributed by atoms with E-state index >= 15 is 0 Å². The highest BCUT2D eigenvalue weighted by Gasteiger charge is 2.43. The molecule has 1 aliphatic carbocycles. The molecule has 2 fully saturated rings. The molecular formula is C23H26ClFN2O2S2. The Labute approximate surface area is 192 Å². The molecule has 5 rings (SSSR count). The Morgan fingerprint density at radius 3 is 2.48 bits per heavy atom. The molecule has 2 aliphatic heterocycles. The quantitative estimate of drug-likeness (QED) is 0.632. The van der Waals surface area contributed by atoms with Gasteiger partial charge in [-0.3, -0.25) is 0 Å². The number of piperidine rings is 1. The largest absolute Gasteiger partial charge is 0.317 e. The van der Waals surface area contributed by atoms with E-state index in [1.807, 2.05) is 12.1 Å². The van der Waals surface area contributed by atoms with Crippen LogP contribution in [0.1, 0.15) is 56.1 Å². The summed E-state index contributed by atoms with van der Waals surface area (Å²) in [4.78, 5) is 1.87. The molecule has 0 atom stereocenters. The van der Waals surface area contributed by atoms with Crippen LogP contribution in [0.25, 0.3) is 0 Å². The number of sulfonamides is 1. The van der Waals surface area contributed by atoms with Crippen LogP contribution < -0.4 is 10.0 Å². The first-order chi connectivity index (χ1) is 14.9. The van der Waals surface area contributed by atoms with E-state index in [0.717, 1.165) is 72.5 Å². The number of benzene rings is 2. The lowest BCUT2D eigenvalue weighted by atomic mass is 9.65. The van der Waals surface area contributed by atoms with E-state index in [-0.39, 0.29) is 27.2 Å². The van der Waals surface area contributed by atoms with Gasteiger partial charge in [0.05, 0.1) is 5.02 Å². The van der Waals surface area contributed by atoms with Crippen molar-refractivity contribution in [2.24, 2.45) is 0 Å². The summed E-state index contributed by atoms with van der Waals surface area (Å²) in [7, 11) is -3.75. The highest BCUT2D eigenvalue weighted by atomic mass is 35.5. The molecule has 2 aromatic carbocycles. The van der Waals surface area contributed by atoms with Crippen LogP contribution in [-0.2, 0) is 15.4 Å². The number of hydrogen-bond acceptors (Lipinski definition) is 4. The number of halogens is 2. The van der Waals surface area contributed by atoms with Crippen molar-refractivity contribution in [1.82, 2.24) is 10.0 Å². The first kappa shape index (κ1) is 21.7. The molecule has 2 N–H and O–H groups in total. The van der Waals surface area contributed by atoms with Crippen LogP contribution in [-0.4, -0.2) is 27.5 Å². The van der Waals surface area contributed by atoms with Gasteiger partial charge in [0.15, 0.2) is 0 Å². The van der Waals surface area contributed by atoms with Crippen LogP contribution in [0.3, 0.4) is 0 Å². The third-order valence-electron chi connectivity index (χ3n) is 6.89. The number of hydrogen-bond donors (Lipinski definition) is 2. The van der Waals surface area contributed by atoms with Gasteiger partial charge in [0.25, 0.3) is 0 Å². The SMILES string of the molecule is O=S(=O)(NC1CCNCC1)c1cc2c(cc1Cl)C1(CCCCC1)c1ccc(F)cc1S2. The van der Waals surface area contributed by atoms with Gasteiger partial charge in [-0.25, -0.2) is 17.5 Å². The van der Waals surface area contributed by atoms with Gasteiger partial charge in [-0.15, -0.1) is 0 Å². The van der Waals surface area contributed by atoms with E-state index in [9.17, 15) is 12.8 Å². The van der Waals surface area contributed by atoms with E-state index in [0.29, 0.717) is 0 Å². The molecule has 166 valence electrons. The van der Waals surface area contributed by atoms with E-state index in [4.69, 9.17) is 11.6 Å². The minimum atomic E-state index is -3.75. The normalized spacial score (nSPS) is 21.0. The van der Waals surface area contributed by atoms with Gasteiger partial charge in [-0.05, 0) is 74.2 Å². The lowest BCUT2D eigenvalue weighted by Crippen LogP contribution is -2.42. The van der Waals surface area contributed by atoms with Gasteiger partial charge in [0.1, 0.15) is 10.7 Å². The van der Waals surface area contributed by atoms with Crippen LogP contribution in [0.2, 0.25) is 5.02 Å². The first-order valence-corrected chi connectivity index (χ1v) is 13.6. The predicted octanol–water partition coefficient (Wildman–Crippen LogP) is 5.22. The summed E-state index contributed by atoms with van der Waals surface area (Å²) in [5, 5.41) is 3.50. The lowest BCUT2D eigenvalue weighted by Gasteiger charge is -2.43. The molecule has 1 spiro atoms. The Morgan fingerprint density at radius 1 is 1.03 bits per heavy atom. The first-order valence-electron chi connectivity index (χ1n) is 10.9.